The van der Waals surface area contributed by atoms with Gasteiger partial charge in [-0.3, -0.25) is 4.79 Å². The van der Waals surface area contributed by atoms with Gasteiger partial charge in [-0.1, -0.05) is 12.1 Å². The zero-order chi connectivity index (χ0) is 22.4. The molecule has 1 fully saturated rings. The molecule has 1 aliphatic rings. The smallest absolute Gasteiger partial charge is 0.304 e. The predicted molar refractivity (Wildman–Crippen MR) is 115 cm³/mol. The van der Waals surface area contributed by atoms with E-state index in [1.165, 1.54) is 4.31 Å². The molecule has 2 heterocycles. The molecule has 0 spiro atoms. The summed E-state index contributed by atoms with van der Waals surface area (Å²) in [5.74, 6) is -0.867. The second kappa shape index (κ2) is 10.2. The lowest BCUT2D eigenvalue weighted by Crippen LogP contribution is -2.44. The van der Waals surface area contributed by atoms with Crippen LogP contribution in [0.2, 0.25) is 0 Å². The Morgan fingerprint density at radius 3 is 2.90 bits per heavy atom. The zero-order valence-electron chi connectivity index (χ0n) is 17.9. The molecule has 1 aromatic heterocycles. The van der Waals surface area contributed by atoms with E-state index in [1.54, 1.807) is 0 Å². The van der Waals surface area contributed by atoms with Crippen LogP contribution in [-0.2, 0) is 19.7 Å². The van der Waals surface area contributed by atoms with Crippen LogP contribution < -0.4 is 10.0 Å². The third-order valence-corrected chi connectivity index (χ3v) is 6.32. The maximum atomic E-state index is 12.7. The van der Waals surface area contributed by atoms with E-state index in [9.17, 15) is 13.2 Å². The van der Waals surface area contributed by atoms with Crippen molar-refractivity contribution in [1.82, 2.24) is 14.0 Å². The first-order chi connectivity index (χ1) is 14.8. The SMILES string of the molecule is CCOCC1CCN(S(=O)(=O)NC(=O)c2coc(Nc3cc(C)ccc3C)n2)CCO1. The van der Waals surface area contributed by atoms with E-state index < -0.39 is 16.1 Å². The summed E-state index contributed by atoms with van der Waals surface area (Å²) in [6, 6.07) is 5.94. The van der Waals surface area contributed by atoms with Crippen molar-refractivity contribution < 1.29 is 27.1 Å². The van der Waals surface area contributed by atoms with Gasteiger partial charge < -0.3 is 19.2 Å². The second-order valence-electron chi connectivity index (χ2n) is 7.26. The molecule has 170 valence electrons. The van der Waals surface area contributed by atoms with E-state index >= 15 is 0 Å². The topological polar surface area (TPSA) is 123 Å². The van der Waals surface area contributed by atoms with Gasteiger partial charge in [0.15, 0.2) is 5.69 Å². The molecule has 0 aliphatic carbocycles. The first-order valence-corrected chi connectivity index (χ1v) is 11.5. The lowest BCUT2D eigenvalue weighted by atomic mass is 10.1. The molecule has 3 rings (SSSR count). The summed E-state index contributed by atoms with van der Waals surface area (Å²) in [4.78, 5) is 16.5. The number of rotatable bonds is 8. The Morgan fingerprint density at radius 1 is 1.32 bits per heavy atom. The first-order valence-electron chi connectivity index (χ1n) is 10.1. The molecule has 1 unspecified atom stereocenters. The second-order valence-corrected chi connectivity index (χ2v) is 8.93. The number of carbonyl (C=O) groups is 1. The molecule has 1 amide bonds. The molecule has 1 saturated heterocycles. The van der Waals surface area contributed by atoms with Gasteiger partial charge in [-0.05, 0) is 44.4 Å². The van der Waals surface area contributed by atoms with Gasteiger partial charge in [0, 0.05) is 25.4 Å². The molecule has 2 N–H and O–H groups in total. The summed E-state index contributed by atoms with van der Waals surface area (Å²) >= 11 is 0. The van der Waals surface area contributed by atoms with Gasteiger partial charge in [0.1, 0.15) is 6.26 Å². The van der Waals surface area contributed by atoms with Crippen molar-refractivity contribution >= 4 is 27.8 Å². The van der Waals surface area contributed by atoms with E-state index in [4.69, 9.17) is 13.9 Å². The molecular formula is C20H28N4O6S. The summed E-state index contributed by atoms with van der Waals surface area (Å²) in [5.41, 5.74) is 2.67. The number of aryl methyl sites for hydroxylation is 2. The summed E-state index contributed by atoms with van der Waals surface area (Å²) < 4.78 is 44.8. The fraction of sp³-hybridized carbons (Fsp3) is 0.500. The van der Waals surface area contributed by atoms with Crippen molar-refractivity contribution in [3.63, 3.8) is 0 Å². The van der Waals surface area contributed by atoms with E-state index in [-0.39, 0.29) is 37.5 Å². The average Bonchev–Trinajstić information content (AvgIpc) is 3.05. The number of anilines is 2. The van der Waals surface area contributed by atoms with Gasteiger partial charge in [0.2, 0.25) is 0 Å². The summed E-state index contributed by atoms with van der Waals surface area (Å²) in [6.45, 7) is 7.33. The van der Waals surface area contributed by atoms with Crippen molar-refractivity contribution in [1.29, 1.82) is 0 Å². The largest absolute Gasteiger partial charge is 0.431 e. The average molecular weight is 453 g/mol. The number of nitrogens with one attached hydrogen (secondary N) is 2. The molecule has 0 radical (unpaired) electrons. The third kappa shape index (κ3) is 6.26. The minimum absolute atomic E-state index is 0.0955. The molecule has 10 nitrogen and oxygen atoms in total. The lowest BCUT2D eigenvalue weighted by molar-refractivity contribution is -0.00687. The molecule has 0 bridgehead atoms. The molecule has 31 heavy (non-hydrogen) atoms. The van der Waals surface area contributed by atoms with Gasteiger partial charge >= 0.3 is 10.2 Å². The fourth-order valence-electron chi connectivity index (χ4n) is 3.08. The van der Waals surface area contributed by atoms with Gasteiger partial charge in [-0.25, -0.2) is 4.72 Å². The highest BCUT2D eigenvalue weighted by molar-refractivity contribution is 7.87. The Kier molecular flexibility index (Phi) is 7.65. The van der Waals surface area contributed by atoms with Gasteiger partial charge in [-0.2, -0.15) is 17.7 Å². The highest BCUT2D eigenvalue weighted by atomic mass is 32.2. The van der Waals surface area contributed by atoms with Crippen molar-refractivity contribution in [2.45, 2.75) is 33.3 Å². The van der Waals surface area contributed by atoms with E-state index in [1.807, 2.05) is 43.7 Å². The van der Waals surface area contributed by atoms with Crippen molar-refractivity contribution in [2.24, 2.45) is 0 Å². The van der Waals surface area contributed by atoms with Crippen molar-refractivity contribution in [3.05, 3.63) is 41.3 Å². The molecule has 0 saturated carbocycles. The molecule has 1 aliphatic heterocycles. The predicted octanol–water partition coefficient (Wildman–Crippen LogP) is 2.14. The number of aromatic nitrogens is 1. The first kappa shape index (κ1) is 23.2. The summed E-state index contributed by atoms with van der Waals surface area (Å²) in [6.07, 6.45) is 1.41. The maximum absolute atomic E-state index is 12.7. The van der Waals surface area contributed by atoms with Crippen LogP contribution in [0, 0.1) is 13.8 Å². The Hall–Kier alpha value is -2.47. The van der Waals surface area contributed by atoms with Crippen LogP contribution in [0.3, 0.4) is 0 Å². The number of oxazole rings is 1. The van der Waals surface area contributed by atoms with Crippen LogP contribution in [0.25, 0.3) is 0 Å². The number of hydrogen-bond acceptors (Lipinski definition) is 8. The van der Waals surface area contributed by atoms with Gasteiger partial charge in [0.05, 0.1) is 19.3 Å². The van der Waals surface area contributed by atoms with E-state index in [0.717, 1.165) is 23.1 Å². The number of nitrogens with zero attached hydrogens (tertiary/aromatic N) is 2. The Bertz CT molecular complexity index is 1010. The molecule has 1 aromatic carbocycles. The minimum atomic E-state index is -4.05. The fourth-order valence-corrected chi connectivity index (χ4v) is 4.21. The normalized spacial score (nSPS) is 17.8. The number of amides is 1. The monoisotopic (exact) mass is 452 g/mol. The van der Waals surface area contributed by atoms with Crippen LogP contribution in [0.5, 0.6) is 0 Å². The lowest BCUT2D eigenvalue weighted by Gasteiger charge is -2.19. The standard InChI is InChI=1S/C20H28N4O6S/c1-4-28-12-16-7-8-24(9-10-29-16)31(26,27)23-19(25)18-13-30-20(22-18)21-17-11-14(2)5-6-15(17)3/h5-6,11,13,16H,4,7-10,12H2,1-3H3,(H,21,22)(H,23,25). The Morgan fingerprint density at radius 2 is 2.13 bits per heavy atom. The van der Waals surface area contributed by atoms with Crippen LogP contribution in [0.15, 0.2) is 28.9 Å². The molecule has 1 atom stereocenters. The van der Waals surface area contributed by atoms with Gasteiger partial charge in [0.25, 0.3) is 11.9 Å². The number of carbonyl (C=O) groups excluding carboxylic acids is 1. The highest BCUT2D eigenvalue weighted by Crippen LogP contribution is 2.21. The number of hydrogen-bond donors (Lipinski definition) is 2. The van der Waals surface area contributed by atoms with Gasteiger partial charge in [-0.15, -0.1) is 0 Å². The number of benzene rings is 1. The van der Waals surface area contributed by atoms with Crippen molar-refractivity contribution in [3.8, 4) is 0 Å². The molecule has 11 heteroatoms. The van der Waals surface area contributed by atoms with Crippen LogP contribution in [0.1, 0.15) is 35.0 Å². The van der Waals surface area contributed by atoms with Crippen LogP contribution in [0.4, 0.5) is 11.7 Å². The number of ether oxygens (including phenoxy) is 2. The zero-order valence-corrected chi connectivity index (χ0v) is 18.7. The van der Waals surface area contributed by atoms with E-state index in [0.29, 0.717) is 19.6 Å². The molecule has 2 aromatic rings. The summed E-state index contributed by atoms with van der Waals surface area (Å²) in [5, 5.41) is 3.00. The Balaban J connectivity index is 1.61. The maximum Gasteiger partial charge on any atom is 0.304 e. The quantitative estimate of drug-likeness (QED) is 0.624. The summed E-state index contributed by atoms with van der Waals surface area (Å²) in [7, 11) is -4.05. The van der Waals surface area contributed by atoms with E-state index in [2.05, 4.69) is 10.3 Å². The minimum Gasteiger partial charge on any atom is -0.431 e. The van der Waals surface area contributed by atoms with Crippen LogP contribution >= 0.6 is 0 Å². The highest BCUT2D eigenvalue weighted by Gasteiger charge is 2.29. The molecular weight excluding hydrogens is 424 g/mol. The van der Waals surface area contributed by atoms with Crippen molar-refractivity contribution in [2.75, 3.05) is 38.2 Å². The Labute approximate surface area is 182 Å². The van der Waals surface area contributed by atoms with Crippen LogP contribution in [-0.4, -0.2) is 62.6 Å². The third-order valence-electron chi connectivity index (χ3n) is 4.84.